The Morgan fingerprint density at radius 3 is 2.67 bits per heavy atom. The molecule has 1 aliphatic heterocycles. The van der Waals surface area contributed by atoms with Gasteiger partial charge in [0.15, 0.2) is 0 Å². The van der Waals surface area contributed by atoms with E-state index in [4.69, 9.17) is 5.73 Å². The molecule has 0 bridgehead atoms. The summed E-state index contributed by atoms with van der Waals surface area (Å²) in [6.45, 7) is 5.00. The van der Waals surface area contributed by atoms with Gasteiger partial charge in [0.05, 0.1) is 0 Å². The maximum absolute atomic E-state index is 14.4. The summed E-state index contributed by atoms with van der Waals surface area (Å²) in [6.07, 6.45) is 0.816. The maximum atomic E-state index is 14.4. The van der Waals surface area contributed by atoms with E-state index >= 15 is 0 Å². The predicted octanol–water partition coefficient (Wildman–Crippen LogP) is 2.71. The molecule has 0 spiro atoms. The van der Waals surface area contributed by atoms with E-state index in [2.05, 4.69) is 29.8 Å². The minimum atomic E-state index is -3.82. The Balaban J connectivity index is 2.39. The van der Waals surface area contributed by atoms with Crippen LogP contribution in [0.25, 0.3) is 0 Å². The number of rotatable bonds is 4. The Kier molecular flexibility index (Phi) is 5.07. The van der Waals surface area contributed by atoms with Crippen molar-refractivity contribution in [1.29, 1.82) is 0 Å². The molecule has 118 valence electrons. The monoisotopic (exact) mass is 378 g/mol. The topological polar surface area (TPSA) is 63.4 Å². The molecule has 2 N–H and O–H groups in total. The van der Waals surface area contributed by atoms with E-state index in [0.717, 1.165) is 6.42 Å². The Hall–Kier alpha value is -0.500. The van der Waals surface area contributed by atoms with Crippen molar-refractivity contribution >= 4 is 26.0 Å². The first-order chi connectivity index (χ1) is 9.77. The third-order valence-corrected chi connectivity index (χ3v) is 6.37. The molecule has 1 aliphatic rings. The fraction of sp³-hybridized carbons (Fsp3) is 0.571. The van der Waals surface area contributed by atoms with Crippen molar-refractivity contribution in [2.24, 2.45) is 17.6 Å². The molecule has 0 radical (unpaired) electrons. The summed E-state index contributed by atoms with van der Waals surface area (Å²) < 4.78 is 41.6. The van der Waals surface area contributed by atoms with Gasteiger partial charge in [-0.3, -0.25) is 0 Å². The van der Waals surface area contributed by atoms with Gasteiger partial charge in [0.25, 0.3) is 0 Å². The third-order valence-electron chi connectivity index (χ3n) is 4.05. The second-order valence-corrected chi connectivity index (χ2v) is 8.56. The molecule has 1 aromatic rings. The molecule has 0 amide bonds. The fourth-order valence-corrected chi connectivity index (χ4v) is 4.91. The van der Waals surface area contributed by atoms with Crippen molar-refractivity contribution < 1.29 is 12.8 Å². The summed E-state index contributed by atoms with van der Waals surface area (Å²) in [6, 6.07) is 2.82. The van der Waals surface area contributed by atoms with Gasteiger partial charge in [-0.1, -0.05) is 29.8 Å². The molecule has 1 saturated heterocycles. The maximum Gasteiger partial charge on any atom is 0.246 e. The van der Waals surface area contributed by atoms with Crippen LogP contribution >= 0.6 is 15.9 Å². The summed E-state index contributed by atoms with van der Waals surface area (Å²) >= 11 is 3.22. The smallest absolute Gasteiger partial charge is 0.246 e. The number of halogens is 2. The molecule has 0 saturated carbocycles. The van der Waals surface area contributed by atoms with Crippen molar-refractivity contribution in [3.05, 3.63) is 28.0 Å². The number of benzene rings is 1. The van der Waals surface area contributed by atoms with Crippen LogP contribution in [0.15, 0.2) is 21.5 Å². The third kappa shape index (κ3) is 3.31. The zero-order valence-corrected chi connectivity index (χ0v) is 14.5. The molecule has 1 heterocycles. The first-order valence-electron chi connectivity index (χ1n) is 6.95. The molecule has 0 aliphatic carbocycles. The minimum Gasteiger partial charge on any atom is -0.326 e. The zero-order valence-electron chi connectivity index (χ0n) is 12.1. The predicted molar refractivity (Wildman–Crippen MR) is 83.7 cm³/mol. The highest BCUT2D eigenvalue weighted by Gasteiger charge is 2.35. The SMILES string of the molecule is CC(C)C1CCN(S(=O)(=O)c2cc(Br)cc(CN)c2F)C1. The number of hydrogen-bond donors (Lipinski definition) is 1. The van der Waals surface area contributed by atoms with Crippen molar-refractivity contribution in [3.8, 4) is 0 Å². The summed E-state index contributed by atoms with van der Waals surface area (Å²) in [4.78, 5) is -0.290. The Bertz CT molecular complexity index is 634. The van der Waals surface area contributed by atoms with Crippen LogP contribution < -0.4 is 5.73 Å². The van der Waals surface area contributed by atoms with Gasteiger partial charge < -0.3 is 5.73 Å². The second-order valence-electron chi connectivity index (χ2n) is 5.74. The molecule has 1 aromatic carbocycles. The minimum absolute atomic E-state index is 0.0393. The molecule has 0 aromatic heterocycles. The highest BCUT2D eigenvalue weighted by Crippen LogP contribution is 2.31. The molecular weight excluding hydrogens is 359 g/mol. The van der Waals surface area contributed by atoms with Crippen LogP contribution in [0.1, 0.15) is 25.8 Å². The van der Waals surface area contributed by atoms with Crippen LogP contribution in [0.3, 0.4) is 0 Å². The molecule has 1 unspecified atom stereocenters. The van der Waals surface area contributed by atoms with E-state index in [1.54, 1.807) is 0 Å². The van der Waals surface area contributed by atoms with Crippen LogP contribution in [-0.2, 0) is 16.6 Å². The van der Waals surface area contributed by atoms with Gasteiger partial charge in [0.2, 0.25) is 10.0 Å². The normalized spacial score (nSPS) is 20.4. The molecule has 4 nitrogen and oxygen atoms in total. The lowest BCUT2D eigenvalue weighted by molar-refractivity contribution is 0.387. The molecule has 1 atom stereocenters. The largest absolute Gasteiger partial charge is 0.326 e. The number of nitrogens with two attached hydrogens (primary N) is 1. The van der Waals surface area contributed by atoms with E-state index in [1.165, 1.54) is 16.4 Å². The molecular formula is C14H20BrFN2O2S. The Morgan fingerprint density at radius 2 is 2.14 bits per heavy atom. The van der Waals surface area contributed by atoms with Crippen molar-refractivity contribution in [1.82, 2.24) is 4.31 Å². The lowest BCUT2D eigenvalue weighted by Crippen LogP contribution is -2.30. The Morgan fingerprint density at radius 1 is 1.48 bits per heavy atom. The highest BCUT2D eigenvalue weighted by atomic mass is 79.9. The number of hydrogen-bond acceptors (Lipinski definition) is 3. The Labute approximate surface area is 133 Å². The summed E-state index contributed by atoms with van der Waals surface area (Å²) in [7, 11) is -3.82. The van der Waals surface area contributed by atoms with E-state index in [9.17, 15) is 12.8 Å². The zero-order chi connectivity index (χ0) is 15.8. The fourth-order valence-electron chi connectivity index (χ4n) is 2.61. The first-order valence-corrected chi connectivity index (χ1v) is 9.18. The van der Waals surface area contributed by atoms with Gasteiger partial charge >= 0.3 is 0 Å². The van der Waals surface area contributed by atoms with Crippen molar-refractivity contribution in [2.75, 3.05) is 13.1 Å². The van der Waals surface area contributed by atoms with Crippen LogP contribution in [0, 0.1) is 17.7 Å². The van der Waals surface area contributed by atoms with Gasteiger partial charge in [-0.05, 0) is 30.4 Å². The lowest BCUT2D eigenvalue weighted by atomic mass is 9.96. The van der Waals surface area contributed by atoms with Crippen LogP contribution in [0.5, 0.6) is 0 Å². The number of sulfonamides is 1. The van der Waals surface area contributed by atoms with Gasteiger partial charge in [-0.15, -0.1) is 0 Å². The van der Waals surface area contributed by atoms with E-state index in [0.29, 0.717) is 29.4 Å². The van der Waals surface area contributed by atoms with Gasteiger partial charge in [0.1, 0.15) is 10.7 Å². The van der Waals surface area contributed by atoms with E-state index < -0.39 is 15.8 Å². The number of nitrogens with zero attached hydrogens (tertiary/aromatic N) is 1. The average Bonchev–Trinajstić information content (AvgIpc) is 2.91. The van der Waals surface area contributed by atoms with Crippen LogP contribution in [0.4, 0.5) is 4.39 Å². The molecule has 1 fully saturated rings. The van der Waals surface area contributed by atoms with E-state index in [1.807, 2.05) is 0 Å². The summed E-state index contributed by atoms with van der Waals surface area (Å²) in [5.74, 6) is -0.00479. The van der Waals surface area contributed by atoms with Gasteiger partial charge in [-0.2, -0.15) is 4.31 Å². The van der Waals surface area contributed by atoms with Crippen molar-refractivity contribution in [2.45, 2.75) is 31.7 Å². The second kappa shape index (κ2) is 6.32. The van der Waals surface area contributed by atoms with Gasteiger partial charge in [0, 0.05) is 29.7 Å². The lowest BCUT2D eigenvalue weighted by Gasteiger charge is -2.19. The van der Waals surface area contributed by atoms with Gasteiger partial charge in [-0.25, -0.2) is 12.8 Å². The summed E-state index contributed by atoms with van der Waals surface area (Å²) in [5, 5.41) is 0. The molecule has 7 heteroatoms. The average molecular weight is 379 g/mol. The van der Waals surface area contributed by atoms with Crippen molar-refractivity contribution in [3.63, 3.8) is 0 Å². The van der Waals surface area contributed by atoms with Crippen LogP contribution in [-0.4, -0.2) is 25.8 Å². The highest BCUT2D eigenvalue weighted by molar-refractivity contribution is 9.10. The summed E-state index contributed by atoms with van der Waals surface area (Å²) in [5.41, 5.74) is 5.67. The molecule has 21 heavy (non-hydrogen) atoms. The quantitative estimate of drug-likeness (QED) is 0.875. The standard InChI is InChI=1S/C14H20BrFN2O2S/c1-9(2)10-3-4-18(8-10)21(19,20)13-6-12(15)5-11(7-17)14(13)16/h5-6,9-10H,3-4,7-8,17H2,1-2H3. The van der Waals surface area contributed by atoms with E-state index in [-0.39, 0.29) is 17.0 Å². The van der Waals surface area contributed by atoms with Crippen LogP contribution in [0.2, 0.25) is 0 Å². The molecule has 2 rings (SSSR count). The first kappa shape index (κ1) is 16.9.